The summed E-state index contributed by atoms with van der Waals surface area (Å²) in [6, 6.07) is 0.938. The van der Waals surface area contributed by atoms with E-state index in [1.165, 1.54) is 0 Å². The number of hydrogen-bond acceptors (Lipinski definition) is 1. The van der Waals surface area contributed by atoms with Crippen LogP contribution in [0.5, 0.6) is 0 Å². The van der Waals surface area contributed by atoms with Gasteiger partial charge in [0.1, 0.15) is 0 Å². The van der Waals surface area contributed by atoms with Crippen molar-refractivity contribution in [1.29, 1.82) is 0 Å². The van der Waals surface area contributed by atoms with E-state index in [1.807, 2.05) is 0 Å². The van der Waals surface area contributed by atoms with Crippen molar-refractivity contribution >= 4 is 29.0 Å². The fourth-order valence-corrected chi connectivity index (χ4v) is 1.56. The van der Waals surface area contributed by atoms with Gasteiger partial charge in [0.25, 0.3) is 5.78 Å². The molecule has 0 heterocycles. The second kappa shape index (κ2) is 4.62. The van der Waals surface area contributed by atoms with E-state index in [9.17, 15) is 31.1 Å². The maximum Gasteiger partial charge on any atom is 0.454 e. The van der Waals surface area contributed by atoms with Crippen LogP contribution in [0.25, 0.3) is 0 Å². The third kappa shape index (κ3) is 2.89. The van der Waals surface area contributed by atoms with E-state index < -0.39 is 39.3 Å². The molecular weight excluding hydrogens is 309 g/mol. The lowest BCUT2D eigenvalue weighted by molar-refractivity contribution is -0.138. The Labute approximate surface area is 106 Å². The fourth-order valence-electron chi connectivity index (χ4n) is 1.15. The van der Waals surface area contributed by atoms with E-state index >= 15 is 0 Å². The van der Waals surface area contributed by atoms with Gasteiger partial charge in [0.2, 0.25) is 0 Å². The van der Waals surface area contributed by atoms with Crippen LogP contribution in [0.3, 0.4) is 0 Å². The van der Waals surface area contributed by atoms with Crippen molar-refractivity contribution in [2.24, 2.45) is 0 Å². The SMILES string of the molecule is O=C(c1c(C(F)(F)F)ccc(Cl)c1Cl)C(F)(F)F. The Kier molecular flexibility index (Phi) is 3.88. The van der Waals surface area contributed by atoms with Crippen molar-refractivity contribution in [1.82, 2.24) is 0 Å². The van der Waals surface area contributed by atoms with Gasteiger partial charge in [-0.25, -0.2) is 0 Å². The fraction of sp³-hybridized carbons (Fsp3) is 0.222. The molecule has 0 spiro atoms. The quantitative estimate of drug-likeness (QED) is 0.540. The summed E-state index contributed by atoms with van der Waals surface area (Å²) in [6.07, 6.45) is -10.6. The molecule has 0 aliphatic rings. The minimum absolute atomic E-state index is 0.271. The summed E-state index contributed by atoms with van der Waals surface area (Å²) in [6.45, 7) is 0. The summed E-state index contributed by atoms with van der Waals surface area (Å²) in [7, 11) is 0. The number of halogens is 8. The predicted octanol–water partition coefficient (Wildman–Crippen LogP) is 4.76. The molecule has 18 heavy (non-hydrogen) atoms. The zero-order chi connectivity index (χ0) is 14.3. The molecule has 0 N–H and O–H groups in total. The third-order valence-electron chi connectivity index (χ3n) is 1.88. The van der Waals surface area contributed by atoms with Crippen LogP contribution in [0.1, 0.15) is 15.9 Å². The molecule has 1 nitrogen and oxygen atoms in total. The van der Waals surface area contributed by atoms with Crippen LogP contribution < -0.4 is 0 Å². The highest BCUT2D eigenvalue weighted by Gasteiger charge is 2.46. The Bertz CT molecular complexity index is 491. The first-order valence-corrected chi connectivity index (χ1v) is 4.88. The van der Waals surface area contributed by atoms with Crippen LogP contribution in [-0.2, 0) is 6.18 Å². The molecule has 0 radical (unpaired) electrons. The molecule has 0 aliphatic carbocycles. The maximum atomic E-state index is 12.5. The third-order valence-corrected chi connectivity index (χ3v) is 2.69. The topological polar surface area (TPSA) is 17.1 Å². The van der Waals surface area contributed by atoms with Gasteiger partial charge in [-0.2, -0.15) is 26.3 Å². The minimum atomic E-state index is -5.48. The summed E-state index contributed by atoms with van der Waals surface area (Å²) >= 11 is 10.6. The normalized spacial score (nSPS) is 12.7. The molecule has 9 heteroatoms. The van der Waals surface area contributed by atoms with Crippen molar-refractivity contribution in [2.75, 3.05) is 0 Å². The summed E-state index contributed by atoms with van der Waals surface area (Å²) in [5.74, 6) is -2.69. The molecule has 1 aromatic carbocycles. The van der Waals surface area contributed by atoms with Crippen LogP contribution in [0.15, 0.2) is 12.1 Å². The van der Waals surface area contributed by atoms with Gasteiger partial charge >= 0.3 is 12.4 Å². The number of carbonyl (C=O) groups is 1. The molecule has 0 bridgehead atoms. The lowest BCUT2D eigenvalue weighted by Crippen LogP contribution is -2.26. The van der Waals surface area contributed by atoms with E-state index in [-0.39, 0.29) is 6.07 Å². The van der Waals surface area contributed by atoms with Crippen molar-refractivity contribution in [3.63, 3.8) is 0 Å². The Morgan fingerprint density at radius 2 is 1.50 bits per heavy atom. The second-order valence-electron chi connectivity index (χ2n) is 3.11. The van der Waals surface area contributed by atoms with Crippen molar-refractivity contribution in [3.05, 3.63) is 33.3 Å². The van der Waals surface area contributed by atoms with Crippen molar-refractivity contribution in [2.45, 2.75) is 12.4 Å². The number of benzene rings is 1. The van der Waals surface area contributed by atoms with Crippen LogP contribution in [0, 0.1) is 0 Å². The lowest BCUT2D eigenvalue weighted by atomic mass is 10.0. The van der Waals surface area contributed by atoms with Crippen molar-refractivity contribution in [3.8, 4) is 0 Å². The van der Waals surface area contributed by atoms with E-state index in [0.717, 1.165) is 0 Å². The van der Waals surface area contributed by atoms with Crippen molar-refractivity contribution < 1.29 is 31.1 Å². The highest BCUT2D eigenvalue weighted by molar-refractivity contribution is 6.44. The molecule has 100 valence electrons. The van der Waals surface area contributed by atoms with Gasteiger partial charge in [-0.1, -0.05) is 23.2 Å². The monoisotopic (exact) mass is 310 g/mol. The predicted molar refractivity (Wildman–Crippen MR) is 51.8 cm³/mol. The van der Waals surface area contributed by atoms with E-state index in [2.05, 4.69) is 0 Å². The molecule has 0 unspecified atom stereocenters. The largest absolute Gasteiger partial charge is 0.454 e. The van der Waals surface area contributed by atoms with Crippen LogP contribution in [0.2, 0.25) is 10.0 Å². The van der Waals surface area contributed by atoms with Gasteiger partial charge in [-0.3, -0.25) is 4.79 Å². The Balaban J connectivity index is 3.59. The summed E-state index contributed by atoms with van der Waals surface area (Å²) in [4.78, 5) is 10.9. The molecule has 0 aromatic heterocycles. The number of ketones is 1. The zero-order valence-corrected chi connectivity index (χ0v) is 9.60. The van der Waals surface area contributed by atoms with E-state index in [0.29, 0.717) is 6.07 Å². The average Bonchev–Trinajstić information content (AvgIpc) is 2.17. The molecule has 0 saturated carbocycles. The van der Waals surface area contributed by atoms with Crippen LogP contribution in [0.4, 0.5) is 26.3 Å². The average molecular weight is 311 g/mol. The van der Waals surface area contributed by atoms with Crippen LogP contribution >= 0.6 is 23.2 Å². The van der Waals surface area contributed by atoms with Gasteiger partial charge in [0, 0.05) is 0 Å². The second-order valence-corrected chi connectivity index (χ2v) is 3.89. The Morgan fingerprint density at radius 3 is 1.89 bits per heavy atom. The Hall–Kier alpha value is -0.950. The molecule has 1 aromatic rings. The van der Waals surface area contributed by atoms with Gasteiger partial charge in [0.05, 0.1) is 21.2 Å². The lowest BCUT2D eigenvalue weighted by Gasteiger charge is -2.15. The standard InChI is InChI=1S/C9H2Cl2F6O/c10-4-2-1-3(8(12,13)14)5(6(4)11)7(18)9(15,16)17/h1-2H. The Morgan fingerprint density at radius 1 is 1.00 bits per heavy atom. The number of carbonyl (C=O) groups excluding carboxylic acids is 1. The molecule has 0 atom stereocenters. The molecule has 1 rings (SSSR count). The zero-order valence-electron chi connectivity index (χ0n) is 8.09. The number of rotatable bonds is 1. The molecule has 0 saturated heterocycles. The molecular formula is C9H2Cl2F6O. The molecule has 0 fully saturated rings. The van der Waals surface area contributed by atoms with Gasteiger partial charge in [-0.05, 0) is 12.1 Å². The number of alkyl halides is 6. The summed E-state index contributed by atoms with van der Waals surface area (Å²) < 4.78 is 74.1. The highest BCUT2D eigenvalue weighted by atomic mass is 35.5. The first kappa shape index (κ1) is 15.1. The maximum absolute atomic E-state index is 12.5. The highest BCUT2D eigenvalue weighted by Crippen LogP contribution is 2.40. The van der Waals surface area contributed by atoms with Gasteiger partial charge in [-0.15, -0.1) is 0 Å². The van der Waals surface area contributed by atoms with Crippen LogP contribution in [-0.4, -0.2) is 12.0 Å². The molecule has 0 amide bonds. The van der Waals surface area contributed by atoms with Gasteiger partial charge in [0.15, 0.2) is 0 Å². The number of hydrogen-bond donors (Lipinski definition) is 0. The van der Waals surface area contributed by atoms with E-state index in [4.69, 9.17) is 23.2 Å². The van der Waals surface area contributed by atoms with Gasteiger partial charge < -0.3 is 0 Å². The first-order valence-electron chi connectivity index (χ1n) is 4.13. The molecule has 0 aliphatic heterocycles. The van der Waals surface area contributed by atoms with E-state index in [1.54, 1.807) is 0 Å². The first-order chi connectivity index (χ1) is 7.96. The number of Topliss-reactive ketones (excluding diaryl/α,β-unsaturated/α-hetero) is 1. The smallest absolute Gasteiger partial charge is 0.284 e. The summed E-state index contributed by atoms with van der Waals surface area (Å²) in [5, 5.41) is -1.65. The summed E-state index contributed by atoms with van der Waals surface area (Å²) in [5.41, 5.74) is -3.47. The minimum Gasteiger partial charge on any atom is -0.284 e.